The van der Waals surface area contributed by atoms with Crippen molar-refractivity contribution in [3.05, 3.63) is 105 Å². The molecule has 0 saturated carbocycles. The molecule has 0 amide bonds. The van der Waals surface area contributed by atoms with E-state index in [2.05, 4.69) is 53.6 Å². The molecule has 0 radical (unpaired) electrons. The molecular weight excluding hydrogens is 389 g/mol. The molecule has 0 bridgehead atoms. The Kier molecular flexibility index (Phi) is 4.81. The second-order valence-corrected chi connectivity index (χ2v) is 8.66. The van der Waals surface area contributed by atoms with Gasteiger partial charge in [-0.1, -0.05) is 56.3 Å². The Hall–Kier alpha value is -3.47. The van der Waals surface area contributed by atoms with Gasteiger partial charge in [0.2, 0.25) is 0 Å². The fourth-order valence-corrected chi connectivity index (χ4v) is 4.63. The van der Waals surface area contributed by atoms with Crippen molar-refractivity contribution in [1.29, 1.82) is 0 Å². The van der Waals surface area contributed by atoms with Crippen molar-refractivity contribution in [3.63, 3.8) is 0 Å². The molecule has 2 unspecified atom stereocenters. The van der Waals surface area contributed by atoms with Crippen LogP contribution in [0.3, 0.4) is 0 Å². The molecule has 5 rings (SSSR count). The Labute approximate surface area is 180 Å². The van der Waals surface area contributed by atoms with E-state index in [9.17, 15) is 9.18 Å². The maximum atomic E-state index is 13.7. The van der Waals surface area contributed by atoms with Crippen LogP contribution in [0.15, 0.2) is 71.5 Å². The Morgan fingerprint density at radius 2 is 1.68 bits per heavy atom. The van der Waals surface area contributed by atoms with Crippen molar-refractivity contribution >= 4 is 16.5 Å². The molecule has 3 aromatic carbocycles. The van der Waals surface area contributed by atoms with Crippen LogP contribution in [-0.2, 0) is 6.42 Å². The van der Waals surface area contributed by atoms with Crippen molar-refractivity contribution in [2.24, 2.45) is 5.92 Å². The van der Waals surface area contributed by atoms with E-state index in [0.717, 1.165) is 34.3 Å². The minimum Gasteiger partial charge on any atom is -0.377 e. The summed E-state index contributed by atoms with van der Waals surface area (Å²) in [6.45, 7) is 4.43. The first-order valence-electron chi connectivity index (χ1n) is 10.6. The summed E-state index contributed by atoms with van der Waals surface area (Å²) in [5.41, 5.74) is 4.85. The van der Waals surface area contributed by atoms with Crippen molar-refractivity contribution in [2.45, 2.75) is 32.2 Å². The Morgan fingerprint density at radius 1 is 0.968 bits per heavy atom. The molecule has 4 nitrogen and oxygen atoms in total. The number of benzene rings is 3. The average molecular weight is 413 g/mol. The number of aromatic amines is 1. The lowest BCUT2D eigenvalue weighted by Crippen LogP contribution is -2.28. The Balaban J connectivity index is 1.68. The maximum Gasteiger partial charge on any atom is 0.272 e. The zero-order valence-electron chi connectivity index (χ0n) is 17.5. The van der Waals surface area contributed by atoms with E-state index in [-0.39, 0.29) is 23.3 Å². The van der Waals surface area contributed by atoms with Crippen molar-refractivity contribution in [3.8, 4) is 0 Å². The number of nitrogens with zero attached hydrogens (tertiary/aromatic N) is 1. The molecule has 5 heteroatoms. The van der Waals surface area contributed by atoms with Gasteiger partial charge in [-0.05, 0) is 53.3 Å². The molecule has 0 spiro atoms. The van der Waals surface area contributed by atoms with E-state index in [1.807, 2.05) is 18.2 Å². The van der Waals surface area contributed by atoms with Crippen molar-refractivity contribution in [1.82, 2.24) is 10.2 Å². The monoisotopic (exact) mass is 413 g/mol. The van der Waals surface area contributed by atoms with E-state index in [1.54, 1.807) is 12.1 Å². The summed E-state index contributed by atoms with van der Waals surface area (Å²) < 4.78 is 13.7. The summed E-state index contributed by atoms with van der Waals surface area (Å²) in [4.78, 5) is 12.4. The number of hydrogen-bond acceptors (Lipinski definition) is 3. The topological polar surface area (TPSA) is 57.8 Å². The molecule has 2 heterocycles. The summed E-state index contributed by atoms with van der Waals surface area (Å²) in [6.07, 6.45) is 1.03. The minimum absolute atomic E-state index is 0.102. The van der Waals surface area contributed by atoms with Gasteiger partial charge in [0.15, 0.2) is 0 Å². The first-order valence-corrected chi connectivity index (χ1v) is 10.6. The van der Waals surface area contributed by atoms with Gasteiger partial charge in [-0.3, -0.25) is 4.79 Å². The van der Waals surface area contributed by atoms with Gasteiger partial charge in [-0.15, -0.1) is 0 Å². The normalized spacial score (nSPS) is 17.7. The van der Waals surface area contributed by atoms with Gasteiger partial charge < -0.3 is 5.32 Å². The number of halogens is 1. The number of H-pyrrole nitrogens is 1. The van der Waals surface area contributed by atoms with E-state index < -0.39 is 0 Å². The standard InChI is InChI=1S/C26H24FN3O/c1-15(2)14-16-6-8-18(9-7-16)24-22(17-10-12-19(27)13-11-17)25-23-20(26(31)30-29-25)4-3-5-21(23)28-24/h3-13,15,22,24,28H,14H2,1-2H3,(H,30,31). The van der Waals surface area contributed by atoms with Gasteiger partial charge in [0.25, 0.3) is 5.56 Å². The predicted molar refractivity (Wildman–Crippen MR) is 122 cm³/mol. The van der Waals surface area contributed by atoms with Crippen LogP contribution in [0.1, 0.15) is 48.2 Å². The summed E-state index contributed by atoms with van der Waals surface area (Å²) in [6, 6.07) is 20.8. The summed E-state index contributed by atoms with van der Waals surface area (Å²) >= 11 is 0. The molecule has 1 aliphatic rings. The smallest absolute Gasteiger partial charge is 0.272 e. The highest BCUT2D eigenvalue weighted by Gasteiger charge is 2.34. The molecular formula is C26H24FN3O. The van der Waals surface area contributed by atoms with Crippen LogP contribution in [-0.4, -0.2) is 10.2 Å². The fourth-order valence-electron chi connectivity index (χ4n) is 4.63. The van der Waals surface area contributed by atoms with Gasteiger partial charge in [0, 0.05) is 11.1 Å². The average Bonchev–Trinajstić information content (AvgIpc) is 2.77. The van der Waals surface area contributed by atoms with Crippen LogP contribution in [0.2, 0.25) is 0 Å². The highest BCUT2D eigenvalue weighted by atomic mass is 19.1. The lowest BCUT2D eigenvalue weighted by Gasteiger charge is -2.34. The lowest BCUT2D eigenvalue weighted by atomic mass is 9.80. The molecule has 31 heavy (non-hydrogen) atoms. The van der Waals surface area contributed by atoms with Crippen molar-refractivity contribution < 1.29 is 4.39 Å². The lowest BCUT2D eigenvalue weighted by molar-refractivity contribution is 0.616. The molecule has 2 N–H and O–H groups in total. The highest BCUT2D eigenvalue weighted by Crippen LogP contribution is 2.46. The number of aromatic nitrogens is 2. The minimum atomic E-state index is -0.276. The van der Waals surface area contributed by atoms with Crippen molar-refractivity contribution in [2.75, 3.05) is 5.32 Å². The van der Waals surface area contributed by atoms with Crippen LogP contribution in [0.4, 0.5) is 10.1 Å². The molecule has 2 atom stereocenters. The Bertz CT molecular complexity index is 1290. The van der Waals surface area contributed by atoms with E-state index in [1.165, 1.54) is 17.7 Å². The van der Waals surface area contributed by atoms with Gasteiger partial charge >= 0.3 is 0 Å². The molecule has 0 fully saturated rings. The number of hydrogen-bond donors (Lipinski definition) is 2. The van der Waals surface area contributed by atoms with E-state index >= 15 is 0 Å². The number of nitrogens with one attached hydrogen (secondary N) is 2. The summed E-state index contributed by atoms with van der Waals surface area (Å²) in [5, 5.41) is 12.2. The molecule has 0 saturated heterocycles. The summed E-state index contributed by atoms with van der Waals surface area (Å²) in [7, 11) is 0. The SMILES string of the molecule is CC(C)Cc1ccc(C2Nc3cccc4c(=O)[nH]nc(c34)C2c2ccc(F)cc2)cc1. The third-order valence-electron chi connectivity index (χ3n) is 5.99. The van der Waals surface area contributed by atoms with Gasteiger partial charge in [-0.2, -0.15) is 5.10 Å². The molecule has 0 aliphatic carbocycles. The van der Waals surface area contributed by atoms with Crippen LogP contribution in [0.25, 0.3) is 10.8 Å². The second-order valence-electron chi connectivity index (χ2n) is 8.66. The Morgan fingerprint density at radius 3 is 2.39 bits per heavy atom. The maximum absolute atomic E-state index is 13.7. The third kappa shape index (κ3) is 3.50. The molecule has 1 aromatic heterocycles. The van der Waals surface area contributed by atoms with Crippen LogP contribution < -0.4 is 10.9 Å². The quantitative estimate of drug-likeness (QED) is 0.461. The van der Waals surface area contributed by atoms with Gasteiger partial charge in [-0.25, -0.2) is 9.49 Å². The molecule has 156 valence electrons. The number of rotatable bonds is 4. The molecule has 4 aromatic rings. The number of anilines is 1. The van der Waals surface area contributed by atoms with Crippen LogP contribution >= 0.6 is 0 Å². The zero-order valence-corrected chi connectivity index (χ0v) is 17.5. The highest BCUT2D eigenvalue weighted by molar-refractivity contribution is 5.97. The first kappa shape index (κ1) is 19.5. The zero-order chi connectivity index (χ0) is 21.5. The van der Waals surface area contributed by atoms with Gasteiger partial charge in [0.05, 0.1) is 23.0 Å². The largest absolute Gasteiger partial charge is 0.377 e. The van der Waals surface area contributed by atoms with Gasteiger partial charge in [0.1, 0.15) is 5.82 Å². The predicted octanol–water partition coefficient (Wildman–Crippen LogP) is 5.56. The molecule has 1 aliphatic heterocycles. The fraction of sp³-hybridized carbons (Fsp3) is 0.231. The third-order valence-corrected chi connectivity index (χ3v) is 5.99. The first-order chi connectivity index (χ1) is 15.0. The van der Waals surface area contributed by atoms with Crippen LogP contribution in [0, 0.1) is 11.7 Å². The van der Waals surface area contributed by atoms with Crippen LogP contribution in [0.5, 0.6) is 0 Å². The summed E-state index contributed by atoms with van der Waals surface area (Å²) in [5.74, 6) is 0.143. The van der Waals surface area contributed by atoms with E-state index in [0.29, 0.717) is 11.3 Å². The van der Waals surface area contributed by atoms with E-state index in [4.69, 9.17) is 0 Å². The second kappa shape index (κ2) is 7.65.